The maximum Gasteiger partial charge on any atom is 0.326 e. The Hall–Kier alpha value is -4.01. The Labute approximate surface area is 216 Å². The van der Waals surface area contributed by atoms with Crippen LogP contribution < -0.4 is 15.5 Å². The minimum absolute atomic E-state index is 0.306. The van der Waals surface area contributed by atoms with Crippen molar-refractivity contribution >= 4 is 45.8 Å². The quantitative estimate of drug-likeness (QED) is 0.368. The van der Waals surface area contributed by atoms with E-state index in [-0.39, 0.29) is 11.9 Å². The molecule has 2 unspecified atom stereocenters. The molecule has 3 amide bonds. The zero-order chi connectivity index (χ0) is 25.3. The molecule has 0 radical (unpaired) electrons. The van der Waals surface area contributed by atoms with Gasteiger partial charge in [0.1, 0.15) is 11.4 Å². The number of pyridine rings is 1. The molecule has 3 aromatic carbocycles. The largest absolute Gasteiger partial charge is 0.368 e. The molecule has 0 saturated carbocycles. The van der Waals surface area contributed by atoms with E-state index in [1.165, 1.54) is 18.2 Å². The summed E-state index contributed by atoms with van der Waals surface area (Å²) in [5.74, 6) is -0.822. The van der Waals surface area contributed by atoms with Crippen LogP contribution >= 0.6 is 11.6 Å². The van der Waals surface area contributed by atoms with Crippen LogP contribution in [-0.4, -0.2) is 30.1 Å². The Balaban J connectivity index is 1.35. The van der Waals surface area contributed by atoms with Gasteiger partial charge in [-0.3, -0.25) is 14.7 Å². The van der Waals surface area contributed by atoms with Crippen LogP contribution in [0.4, 0.5) is 20.6 Å². The standard InChI is InChI=1S/C28H20ClFN4O3/c29-19-8-7-15(30)12-17(19)25-24-21(13-20-16(4-3-10-31-20)23(24)26(35)33-25)32-27(36)34-14-28(9-11-37-28)18-5-1-2-6-22(18)34/h1-8,10,12-13,25H,9,11,14H2,(H,32,36)(H,33,35). The van der Waals surface area contributed by atoms with Crippen LogP contribution in [0.3, 0.4) is 0 Å². The summed E-state index contributed by atoms with van der Waals surface area (Å²) in [5.41, 5.74) is 3.55. The van der Waals surface area contributed by atoms with Crippen LogP contribution in [0.1, 0.15) is 39.5 Å². The predicted molar refractivity (Wildman–Crippen MR) is 138 cm³/mol. The Bertz CT molecular complexity index is 1640. The van der Waals surface area contributed by atoms with Gasteiger partial charge in [-0.2, -0.15) is 0 Å². The van der Waals surface area contributed by atoms with Crippen molar-refractivity contribution < 1.29 is 18.7 Å². The van der Waals surface area contributed by atoms with Crippen molar-refractivity contribution in [1.82, 2.24) is 10.3 Å². The van der Waals surface area contributed by atoms with E-state index >= 15 is 0 Å². The van der Waals surface area contributed by atoms with E-state index in [1.54, 1.807) is 29.3 Å². The smallest absolute Gasteiger partial charge is 0.326 e. The highest BCUT2D eigenvalue weighted by Crippen LogP contribution is 2.49. The zero-order valence-electron chi connectivity index (χ0n) is 19.4. The molecule has 4 heterocycles. The molecule has 3 aliphatic rings. The average Bonchev–Trinajstić information content (AvgIpc) is 3.42. The first-order chi connectivity index (χ1) is 17.9. The molecule has 0 bridgehead atoms. The van der Waals surface area contributed by atoms with Gasteiger partial charge in [-0.15, -0.1) is 0 Å². The second kappa shape index (κ2) is 7.99. The van der Waals surface area contributed by atoms with Crippen LogP contribution in [0.25, 0.3) is 10.9 Å². The third-order valence-electron chi connectivity index (χ3n) is 7.48. The normalized spacial score (nSPS) is 21.5. The van der Waals surface area contributed by atoms with Crippen molar-refractivity contribution in [2.24, 2.45) is 0 Å². The maximum absolute atomic E-state index is 14.2. The van der Waals surface area contributed by atoms with Gasteiger partial charge < -0.3 is 15.4 Å². The Morgan fingerprint density at radius 1 is 1.19 bits per heavy atom. The number of carbonyl (C=O) groups is 2. The lowest BCUT2D eigenvalue weighted by Gasteiger charge is -2.39. The van der Waals surface area contributed by atoms with Gasteiger partial charge >= 0.3 is 6.03 Å². The molecule has 1 aromatic heterocycles. The van der Waals surface area contributed by atoms with Gasteiger partial charge in [0.2, 0.25) is 0 Å². The molecule has 2 N–H and O–H groups in total. The number of halogens is 2. The number of rotatable bonds is 2. The number of nitrogens with one attached hydrogen (secondary N) is 2. The molecule has 1 saturated heterocycles. The van der Waals surface area contributed by atoms with Gasteiger partial charge in [0.15, 0.2) is 0 Å². The molecule has 7 nitrogen and oxygen atoms in total. The van der Waals surface area contributed by atoms with Crippen molar-refractivity contribution in [2.75, 3.05) is 23.4 Å². The van der Waals surface area contributed by atoms with E-state index < -0.39 is 17.5 Å². The highest BCUT2D eigenvalue weighted by molar-refractivity contribution is 6.31. The number of nitrogens with zero attached hydrogens (tertiary/aromatic N) is 2. The van der Waals surface area contributed by atoms with Crippen LogP contribution in [0.5, 0.6) is 0 Å². The lowest BCUT2D eigenvalue weighted by molar-refractivity contribution is -0.141. The molecule has 4 aromatic rings. The number of hydrogen-bond acceptors (Lipinski definition) is 4. The lowest BCUT2D eigenvalue weighted by Crippen LogP contribution is -2.46. The summed E-state index contributed by atoms with van der Waals surface area (Å²) in [5, 5.41) is 6.88. The molecule has 1 fully saturated rings. The van der Waals surface area contributed by atoms with Gasteiger partial charge in [0.05, 0.1) is 41.6 Å². The summed E-state index contributed by atoms with van der Waals surface area (Å²) in [6.45, 7) is 1.04. The third-order valence-corrected chi connectivity index (χ3v) is 7.82. The number of urea groups is 1. The van der Waals surface area contributed by atoms with Gasteiger partial charge in [-0.25, -0.2) is 9.18 Å². The van der Waals surface area contributed by atoms with E-state index in [0.717, 1.165) is 17.7 Å². The zero-order valence-corrected chi connectivity index (χ0v) is 20.2. The van der Waals surface area contributed by atoms with Crippen molar-refractivity contribution in [3.63, 3.8) is 0 Å². The SMILES string of the molecule is O=C1NC(c2cc(F)ccc2Cl)c2c(NC(=O)N3CC4(CCO4)c4ccccc43)cc3ncccc3c21. The summed E-state index contributed by atoms with van der Waals surface area (Å²) >= 11 is 6.44. The minimum atomic E-state index is -0.752. The van der Waals surface area contributed by atoms with E-state index in [4.69, 9.17) is 16.3 Å². The van der Waals surface area contributed by atoms with Crippen LogP contribution in [0.2, 0.25) is 5.02 Å². The molecular weight excluding hydrogens is 495 g/mol. The Morgan fingerprint density at radius 3 is 2.84 bits per heavy atom. The van der Waals surface area contributed by atoms with Gasteiger partial charge in [-0.05, 0) is 36.4 Å². The Morgan fingerprint density at radius 2 is 2.03 bits per heavy atom. The van der Waals surface area contributed by atoms with Gasteiger partial charge in [-0.1, -0.05) is 35.9 Å². The maximum atomic E-state index is 14.2. The number of aromatic nitrogens is 1. The molecule has 3 aliphatic heterocycles. The Kier molecular flexibility index (Phi) is 4.80. The van der Waals surface area contributed by atoms with Gasteiger partial charge in [0, 0.05) is 39.7 Å². The van der Waals surface area contributed by atoms with Crippen LogP contribution in [-0.2, 0) is 10.3 Å². The van der Waals surface area contributed by atoms with Crippen molar-refractivity contribution in [3.05, 3.63) is 100.0 Å². The molecule has 2 atom stereocenters. The highest BCUT2D eigenvalue weighted by Gasteiger charge is 2.50. The summed E-state index contributed by atoms with van der Waals surface area (Å²) in [6, 6.07) is 15.9. The molecule has 7 rings (SSSR count). The number of carbonyl (C=O) groups excluding carboxylic acids is 2. The number of hydrogen-bond donors (Lipinski definition) is 2. The van der Waals surface area contributed by atoms with Gasteiger partial charge in [0.25, 0.3) is 5.91 Å². The van der Waals surface area contributed by atoms with Crippen molar-refractivity contribution in [1.29, 1.82) is 0 Å². The molecule has 184 valence electrons. The molecule has 1 spiro atoms. The average molecular weight is 515 g/mol. The summed E-state index contributed by atoms with van der Waals surface area (Å²) in [6.07, 6.45) is 2.46. The second-order valence-corrected chi connectivity index (χ2v) is 9.89. The first kappa shape index (κ1) is 22.2. The molecular formula is C28H20ClFN4O3. The number of benzene rings is 3. The number of ether oxygens (including phenoxy) is 1. The molecule has 9 heteroatoms. The fourth-order valence-corrected chi connectivity index (χ4v) is 5.93. The van der Waals surface area contributed by atoms with Crippen molar-refractivity contribution in [3.8, 4) is 0 Å². The monoisotopic (exact) mass is 514 g/mol. The van der Waals surface area contributed by atoms with E-state index in [1.807, 2.05) is 24.3 Å². The highest BCUT2D eigenvalue weighted by atomic mass is 35.5. The van der Waals surface area contributed by atoms with E-state index in [0.29, 0.717) is 51.5 Å². The topological polar surface area (TPSA) is 83.6 Å². The number of fused-ring (bicyclic) bond motifs is 5. The van der Waals surface area contributed by atoms with E-state index in [2.05, 4.69) is 15.6 Å². The summed E-state index contributed by atoms with van der Waals surface area (Å²) < 4.78 is 20.2. The lowest BCUT2D eigenvalue weighted by atomic mass is 9.89. The van der Waals surface area contributed by atoms with E-state index in [9.17, 15) is 14.0 Å². The fraction of sp³-hybridized carbons (Fsp3) is 0.179. The van der Waals surface area contributed by atoms with Crippen LogP contribution in [0.15, 0.2) is 66.9 Å². The summed E-state index contributed by atoms with van der Waals surface area (Å²) in [7, 11) is 0. The number of anilines is 2. The number of para-hydroxylation sites is 1. The van der Waals surface area contributed by atoms with Crippen molar-refractivity contribution in [2.45, 2.75) is 18.1 Å². The molecule has 37 heavy (non-hydrogen) atoms. The fourth-order valence-electron chi connectivity index (χ4n) is 5.70. The first-order valence-electron chi connectivity index (χ1n) is 11.9. The number of amides is 3. The van der Waals surface area contributed by atoms with Crippen LogP contribution in [0, 0.1) is 5.82 Å². The summed E-state index contributed by atoms with van der Waals surface area (Å²) in [4.78, 5) is 33.1. The first-order valence-corrected chi connectivity index (χ1v) is 12.3. The predicted octanol–water partition coefficient (Wildman–Crippen LogP) is 5.53. The third kappa shape index (κ3) is 3.26. The minimum Gasteiger partial charge on any atom is -0.368 e. The molecule has 0 aliphatic carbocycles. The second-order valence-electron chi connectivity index (χ2n) is 9.48.